The molecule has 1 amide bonds. The van der Waals surface area contributed by atoms with E-state index < -0.39 is 0 Å². The number of nitrogens with one attached hydrogen (secondary N) is 2. The van der Waals surface area contributed by atoms with Crippen molar-refractivity contribution < 1.29 is 9.53 Å². The van der Waals surface area contributed by atoms with Crippen LogP contribution in [-0.4, -0.2) is 30.1 Å². The molecule has 1 saturated heterocycles. The Morgan fingerprint density at radius 2 is 2.16 bits per heavy atom. The Balaban J connectivity index is 1.63. The van der Waals surface area contributed by atoms with Crippen LogP contribution in [0.2, 0.25) is 0 Å². The number of carbonyl (C=O) groups is 1. The lowest BCUT2D eigenvalue weighted by molar-refractivity contribution is 0.00347. The third kappa shape index (κ3) is 4.57. The standard InChI is InChI=1S/C20H25N3O2/c1-20(2)14-25-11-9-18(20)23-16-8-5-6-15(12-16)19(24)22-13-17-7-3-4-10-21-17/h3-8,10,12,18,23H,9,11,13-14H2,1-2H3,(H,22,24). The van der Waals surface area contributed by atoms with Crippen molar-refractivity contribution in [2.45, 2.75) is 32.9 Å². The smallest absolute Gasteiger partial charge is 0.251 e. The van der Waals surface area contributed by atoms with Gasteiger partial charge in [-0.3, -0.25) is 9.78 Å². The summed E-state index contributed by atoms with van der Waals surface area (Å²) in [7, 11) is 0. The van der Waals surface area contributed by atoms with Gasteiger partial charge in [-0.2, -0.15) is 0 Å². The van der Waals surface area contributed by atoms with Crippen molar-refractivity contribution in [3.8, 4) is 0 Å². The van der Waals surface area contributed by atoms with Crippen LogP contribution in [-0.2, 0) is 11.3 Å². The Morgan fingerprint density at radius 3 is 2.92 bits per heavy atom. The summed E-state index contributed by atoms with van der Waals surface area (Å²) in [6, 6.07) is 13.6. The first-order valence-corrected chi connectivity index (χ1v) is 8.67. The zero-order valence-corrected chi connectivity index (χ0v) is 14.8. The molecule has 1 aromatic heterocycles. The molecule has 5 heteroatoms. The highest BCUT2D eigenvalue weighted by Crippen LogP contribution is 2.30. The van der Waals surface area contributed by atoms with Crippen LogP contribution in [0, 0.1) is 5.41 Å². The molecule has 25 heavy (non-hydrogen) atoms. The molecule has 0 bridgehead atoms. The van der Waals surface area contributed by atoms with E-state index in [0.29, 0.717) is 18.2 Å². The summed E-state index contributed by atoms with van der Waals surface area (Å²) >= 11 is 0. The number of rotatable bonds is 5. The van der Waals surface area contributed by atoms with Gasteiger partial charge in [0, 0.05) is 35.5 Å². The number of aromatic nitrogens is 1. The van der Waals surface area contributed by atoms with Crippen molar-refractivity contribution in [1.29, 1.82) is 0 Å². The SMILES string of the molecule is CC1(C)COCCC1Nc1cccc(C(=O)NCc2ccccn2)c1. The molecule has 132 valence electrons. The molecule has 0 spiro atoms. The molecule has 5 nitrogen and oxygen atoms in total. The van der Waals surface area contributed by atoms with Crippen LogP contribution >= 0.6 is 0 Å². The number of hydrogen-bond donors (Lipinski definition) is 2. The van der Waals surface area contributed by atoms with Crippen LogP contribution in [0.25, 0.3) is 0 Å². The average Bonchev–Trinajstić information content (AvgIpc) is 2.62. The maximum atomic E-state index is 12.4. The quantitative estimate of drug-likeness (QED) is 0.878. The molecule has 2 aromatic rings. The maximum absolute atomic E-state index is 12.4. The highest BCUT2D eigenvalue weighted by molar-refractivity contribution is 5.95. The van der Waals surface area contributed by atoms with Crippen LogP contribution < -0.4 is 10.6 Å². The molecule has 1 aliphatic rings. The van der Waals surface area contributed by atoms with Crippen LogP contribution in [0.1, 0.15) is 36.3 Å². The van der Waals surface area contributed by atoms with E-state index in [1.807, 2.05) is 42.5 Å². The molecule has 1 atom stereocenters. The van der Waals surface area contributed by atoms with Gasteiger partial charge in [0.15, 0.2) is 0 Å². The molecule has 0 radical (unpaired) electrons. The molecular weight excluding hydrogens is 314 g/mol. The molecule has 3 rings (SSSR count). The van der Waals surface area contributed by atoms with Crippen LogP contribution in [0.5, 0.6) is 0 Å². The molecule has 0 saturated carbocycles. The Labute approximate surface area is 148 Å². The van der Waals surface area contributed by atoms with Crippen molar-refractivity contribution in [3.05, 3.63) is 59.9 Å². The highest BCUT2D eigenvalue weighted by Gasteiger charge is 2.33. The van der Waals surface area contributed by atoms with Crippen molar-refractivity contribution in [2.24, 2.45) is 5.41 Å². The Morgan fingerprint density at radius 1 is 1.28 bits per heavy atom. The molecule has 2 N–H and O–H groups in total. The Bertz CT molecular complexity index is 716. The van der Waals surface area contributed by atoms with E-state index >= 15 is 0 Å². The third-order valence-corrected chi connectivity index (χ3v) is 4.59. The molecule has 1 aromatic carbocycles. The van der Waals surface area contributed by atoms with Crippen molar-refractivity contribution in [1.82, 2.24) is 10.3 Å². The van der Waals surface area contributed by atoms with Gasteiger partial charge in [-0.05, 0) is 36.8 Å². The fourth-order valence-corrected chi connectivity index (χ4v) is 3.02. The van der Waals surface area contributed by atoms with Gasteiger partial charge in [0.1, 0.15) is 0 Å². The van der Waals surface area contributed by atoms with Crippen LogP contribution in [0.3, 0.4) is 0 Å². The van der Waals surface area contributed by atoms with E-state index in [1.54, 1.807) is 6.20 Å². The van der Waals surface area contributed by atoms with Gasteiger partial charge in [0.2, 0.25) is 0 Å². The molecule has 1 aliphatic heterocycles. The largest absolute Gasteiger partial charge is 0.382 e. The first-order valence-electron chi connectivity index (χ1n) is 8.67. The summed E-state index contributed by atoms with van der Waals surface area (Å²) < 4.78 is 5.58. The van der Waals surface area contributed by atoms with Gasteiger partial charge in [-0.1, -0.05) is 26.0 Å². The second-order valence-corrected chi connectivity index (χ2v) is 7.11. The van der Waals surface area contributed by atoms with E-state index in [2.05, 4.69) is 29.5 Å². The monoisotopic (exact) mass is 339 g/mol. The average molecular weight is 339 g/mol. The minimum atomic E-state index is -0.0967. The van der Waals surface area contributed by atoms with Crippen LogP contribution in [0.15, 0.2) is 48.7 Å². The molecule has 1 unspecified atom stereocenters. The zero-order valence-electron chi connectivity index (χ0n) is 14.8. The zero-order chi connectivity index (χ0) is 17.7. The van der Waals surface area contributed by atoms with E-state index in [0.717, 1.165) is 31.0 Å². The predicted molar refractivity (Wildman–Crippen MR) is 98.5 cm³/mol. The Kier molecular flexibility index (Phi) is 5.34. The number of nitrogens with zero attached hydrogens (tertiary/aromatic N) is 1. The predicted octanol–water partition coefficient (Wildman–Crippen LogP) is 3.24. The fourth-order valence-electron chi connectivity index (χ4n) is 3.02. The lowest BCUT2D eigenvalue weighted by atomic mass is 9.82. The van der Waals surface area contributed by atoms with Crippen LogP contribution in [0.4, 0.5) is 5.69 Å². The number of amides is 1. The summed E-state index contributed by atoms with van der Waals surface area (Å²) in [5.41, 5.74) is 2.51. The Hall–Kier alpha value is -2.40. The van der Waals surface area contributed by atoms with Gasteiger partial charge in [-0.15, -0.1) is 0 Å². The van der Waals surface area contributed by atoms with Gasteiger partial charge in [0.05, 0.1) is 18.8 Å². The summed E-state index contributed by atoms with van der Waals surface area (Å²) in [6.07, 6.45) is 2.69. The van der Waals surface area contributed by atoms with E-state index in [1.165, 1.54) is 0 Å². The van der Waals surface area contributed by atoms with Gasteiger partial charge in [0.25, 0.3) is 5.91 Å². The summed E-state index contributed by atoms with van der Waals surface area (Å²) in [4.78, 5) is 16.6. The number of pyridine rings is 1. The lowest BCUT2D eigenvalue weighted by Gasteiger charge is -2.39. The van der Waals surface area contributed by atoms with Crippen molar-refractivity contribution in [2.75, 3.05) is 18.5 Å². The molecule has 0 aliphatic carbocycles. The molecular formula is C20H25N3O2. The lowest BCUT2D eigenvalue weighted by Crippen LogP contribution is -2.44. The van der Waals surface area contributed by atoms with E-state index in [9.17, 15) is 4.79 Å². The third-order valence-electron chi connectivity index (χ3n) is 4.59. The first kappa shape index (κ1) is 17.4. The van der Waals surface area contributed by atoms with Gasteiger partial charge >= 0.3 is 0 Å². The molecule has 2 heterocycles. The first-order chi connectivity index (χ1) is 12.0. The number of hydrogen-bond acceptors (Lipinski definition) is 4. The van der Waals surface area contributed by atoms with E-state index in [4.69, 9.17) is 4.74 Å². The summed E-state index contributed by atoms with van der Waals surface area (Å²) in [5, 5.41) is 6.48. The maximum Gasteiger partial charge on any atom is 0.251 e. The highest BCUT2D eigenvalue weighted by atomic mass is 16.5. The van der Waals surface area contributed by atoms with Crippen molar-refractivity contribution in [3.63, 3.8) is 0 Å². The minimum absolute atomic E-state index is 0.0650. The summed E-state index contributed by atoms with van der Waals surface area (Å²) in [5.74, 6) is -0.0967. The number of ether oxygens (including phenoxy) is 1. The second kappa shape index (κ2) is 7.66. The van der Waals surface area contributed by atoms with Gasteiger partial charge in [-0.25, -0.2) is 0 Å². The topological polar surface area (TPSA) is 63.2 Å². The van der Waals surface area contributed by atoms with E-state index in [-0.39, 0.29) is 11.3 Å². The number of benzene rings is 1. The minimum Gasteiger partial charge on any atom is -0.382 e. The number of anilines is 1. The normalized spacial score (nSPS) is 19.2. The van der Waals surface area contributed by atoms with Gasteiger partial charge < -0.3 is 15.4 Å². The second-order valence-electron chi connectivity index (χ2n) is 7.11. The fraction of sp³-hybridized carbons (Fsp3) is 0.400. The number of carbonyl (C=O) groups excluding carboxylic acids is 1. The van der Waals surface area contributed by atoms with Crippen molar-refractivity contribution >= 4 is 11.6 Å². The summed E-state index contributed by atoms with van der Waals surface area (Å²) in [6.45, 7) is 6.34. The molecule has 1 fully saturated rings.